The number of alkyl halides is 3. The van der Waals surface area contributed by atoms with E-state index >= 15 is 0 Å². The van der Waals surface area contributed by atoms with Crippen LogP contribution in [0.4, 0.5) is 13.2 Å². The Labute approximate surface area is 166 Å². The van der Waals surface area contributed by atoms with E-state index in [9.17, 15) is 21.6 Å². The van der Waals surface area contributed by atoms with E-state index in [1.807, 2.05) is 19.9 Å². The highest BCUT2D eigenvalue weighted by Gasteiger charge is 2.30. The average molecular weight is 424 g/mol. The molecule has 0 bridgehead atoms. The molecular weight excluding hydrogens is 405 g/mol. The summed E-state index contributed by atoms with van der Waals surface area (Å²) in [5.74, 6) is 0.0555. The Balaban J connectivity index is 1.65. The van der Waals surface area contributed by atoms with Crippen LogP contribution in [0.3, 0.4) is 0 Å². The van der Waals surface area contributed by atoms with Gasteiger partial charge in [0.2, 0.25) is 10.0 Å². The molecule has 0 saturated carbocycles. The Morgan fingerprint density at radius 1 is 1.07 bits per heavy atom. The number of rotatable bonds is 6. The number of pyridine rings is 1. The lowest BCUT2D eigenvalue weighted by Crippen LogP contribution is -2.25. The van der Waals surface area contributed by atoms with E-state index in [1.54, 1.807) is 16.8 Å². The molecule has 0 radical (unpaired) electrons. The number of hydrogen-bond acceptors (Lipinski definition) is 4. The van der Waals surface area contributed by atoms with Gasteiger partial charge in [0.25, 0.3) is 0 Å². The minimum Gasteiger partial charge on any atom is -0.237 e. The molecule has 29 heavy (non-hydrogen) atoms. The minimum atomic E-state index is -4.52. The van der Waals surface area contributed by atoms with E-state index in [2.05, 4.69) is 14.8 Å². The average Bonchev–Trinajstić information content (AvgIpc) is 2.98. The van der Waals surface area contributed by atoms with Crippen LogP contribution in [0, 0.1) is 13.8 Å². The number of benzene rings is 1. The molecule has 2 aromatic heterocycles. The Hall–Kier alpha value is -2.72. The molecular formula is C19H19F3N4O2S. The van der Waals surface area contributed by atoms with Gasteiger partial charge >= 0.3 is 6.18 Å². The molecule has 0 spiro atoms. The largest absolute Gasteiger partial charge is 0.416 e. The maximum Gasteiger partial charge on any atom is 0.416 e. The molecule has 0 unspecified atom stereocenters. The van der Waals surface area contributed by atoms with Crippen LogP contribution in [0.5, 0.6) is 0 Å². The highest BCUT2D eigenvalue weighted by molar-refractivity contribution is 7.88. The number of halogens is 3. The fourth-order valence-electron chi connectivity index (χ4n) is 2.81. The summed E-state index contributed by atoms with van der Waals surface area (Å²) < 4.78 is 66.9. The number of aromatic nitrogens is 3. The van der Waals surface area contributed by atoms with E-state index in [0.29, 0.717) is 11.4 Å². The summed E-state index contributed by atoms with van der Waals surface area (Å²) in [6.07, 6.45) is -3.00. The van der Waals surface area contributed by atoms with Crippen molar-refractivity contribution in [1.82, 2.24) is 19.5 Å². The molecule has 0 aliphatic rings. The molecule has 2 heterocycles. The van der Waals surface area contributed by atoms with Crippen LogP contribution in [0.25, 0.3) is 5.82 Å². The second-order valence-corrected chi connectivity index (χ2v) is 8.45. The van der Waals surface area contributed by atoms with Crippen molar-refractivity contribution in [3.05, 3.63) is 76.7 Å². The SMILES string of the molecule is Cc1cc(C)n(-c2ccc(CNS(=O)(=O)Cc3cccc(C(F)(F)F)c3)cn2)n1. The lowest BCUT2D eigenvalue weighted by Gasteiger charge is -2.10. The van der Waals surface area contributed by atoms with Crippen LogP contribution in [-0.2, 0) is 28.5 Å². The third-order valence-electron chi connectivity index (χ3n) is 4.14. The topological polar surface area (TPSA) is 76.9 Å². The van der Waals surface area contributed by atoms with Gasteiger partial charge in [0, 0.05) is 18.4 Å². The van der Waals surface area contributed by atoms with Gasteiger partial charge in [-0.15, -0.1) is 0 Å². The van der Waals surface area contributed by atoms with Crippen molar-refractivity contribution in [2.45, 2.75) is 32.3 Å². The summed E-state index contributed by atoms with van der Waals surface area (Å²) in [4.78, 5) is 4.29. The van der Waals surface area contributed by atoms with Gasteiger partial charge in [-0.2, -0.15) is 18.3 Å². The van der Waals surface area contributed by atoms with Gasteiger partial charge in [-0.25, -0.2) is 22.8 Å². The van der Waals surface area contributed by atoms with E-state index in [1.165, 1.54) is 18.3 Å². The number of aryl methyl sites for hydroxylation is 2. The quantitative estimate of drug-likeness (QED) is 0.657. The fourth-order valence-corrected chi connectivity index (χ4v) is 3.92. The van der Waals surface area contributed by atoms with Crippen molar-refractivity contribution >= 4 is 10.0 Å². The first-order chi connectivity index (χ1) is 13.5. The van der Waals surface area contributed by atoms with Crippen molar-refractivity contribution in [2.75, 3.05) is 0 Å². The van der Waals surface area contributed by atoms with Crippen LogP contribution in [0.2, 0.25) is 0 Å². The lowest BCUT2D eigenvalue weighted by atomic mass is 10.1. The summed E-state index contributed by atoms with van der Waals surface area (Å²) in [5.41, 5.74) is 1.57. The van der Waals surface area contributed by atoms with E-state index in [4.69, 9.17) is 0 Å². The van der Waals surface area contributed by atoms with Crippen LogP contribution in [0.15, 0.2) is 48.7 Å². The van der Waals surface area contributed by atoms with Crippen LogP contribution < -0.4 is 4.72 Å². The normalized spacial score (nSPS) is 12.3. The first-order valence-corrected chi connectivity index (χ1v) is 10.3. The third kappa shape index (κ3) is 5.42. The van der Waals surface area contributed by atoms with E-state index < -0.39 is 27.5 Å². The van der Waals surface area contributed by atoms with Gasteiger partial charge in [0.05, 0.1) is 17.0 Å². The zero-order valence-corrected chi connectivity index (χ0v) is 16.5. The molecule has 0 aliphatic heterocycles. The Morgan fingerprint density at radius 2 is 1.83 bits per heavy atom. The molecule has 3 rings (SSSR count). The van der Waals surface area contributed by atoms with Crippen LogP contribution in [-0.4, -0.2) is 23.2 Å². The Bertz CT molecular complexity index is 1110. The van der Waals surface area contributed by atoms with Crippen molar-refractivity contribution < 1.29 is 21.6 Å². The number of sulfonamides is 1. The molecule has 0 saturated heterocycles. The van der Waals surface area contributed by atoms with Crippen molar-refractivity contribution in [2.24, 2.45) is 0 Å². The predicted octanol–water partition coefficient (Wildman–Crippen LogP) is 3.52. The molecule has 0 fully saturated rings. The molecule has 1 aromatic carbocycles. The van der Waals surface area contributed by atoms with Crippen LogP contribution >= 0.6 is 0 Å². The highest BCUT2D eigenvalue weighted by Crippen LogP contribution is 2.29. The number of nitrogens with zero attached hydrogens (tertiary/aromatic N) is 3. The molecule has 6 nitrogen and oxygen atoms in total. The summed E-state index contributed by atoms with van der Waals surface area (Å²) >= 11 is 0. The van der Waals surface area contributed by atoms with Gasteiger partial charge in [-0.05, 0) is 43.2 Å². The van der Waals surface area contributed by atoms with Gasteiger partial charge in [-0.1, -0.05) is 24.3 Å². The minimum absolute atomic E-state index is 0.0221. The monoisotopic (exact) mass is 424 g/mol. The van der Waals surface area contributed by atoms with E-state index in [-0.39, 0.29) is 12.1 Å². The first-order valence-electron chi connectivity index (χ1n) is 8.65. The number of hydrogen-bond donors (Lipinski definition) is 1. The second-order valence-electron chi connectivity index (χ2n) is 6.64. The van der Waals surface area contributed by atoms with Gasteiger partial charge in [0.1, 0.15) is 0 Å². The molecule has 0 atom stereocenters. The van der Waals surface area contributed by atoms with Crippen molar-refractivity contribution in [3.63, 3.8) is 0 Å². The zero-order chi connectivity index (χ0) is 21.2. The lowest BCUT2D eigenvalue weighted by molar-refractivity contribution is -0.137. The second kappa shape index (κ2) is 7.96. The van der Waals surface area contributed by atoms with Gasteiger partial charge < -0.3 is 0 Å². The van der Waals surface area contributed by atoms with Gasteiger partial charge in [0.15, 0.2) is 5.82 Å². The van der Waals surface area contributed by atoms with Crippen LogP contribution in [0.1, 0.15) is 28.1 Å². The maximum atomic E-state index is 12.8. The van der Waals surface area contributed by atoms with E-state index in [0.717, 1.165) is 23.5 Å². The Morgan fingerprint density at radius 3 is 2.41 bits per heavy atom. The highest BCUT2D eigenvalue weighted by atomic mass is 32.2. The first kappa shape index (κ1) is 21.0. The molecule has 10 heteroatoms. The molecule has 0 amide bonds. The summed E-state index contributed by atoms with van der Waals surface area (Å²) in [7, 11) is -3.82. The van der Waals surface area contributed by atoms with Crippen molar-refractivity contribution in [1.29, 1.82) is 0 Å². The molecule has 0 aliphatic carbocycles. The summed E-state index contributed by atoms with van der Waals surface area (Å²) in [6, 6.07) is 9.62. The van der Waals surface area contributed by atoms with Crippen molar-refractivity contribution in [3.8, 4) is 5.82 Å². The Kier molecular flexibility index (Phi) is 5.76. The molecule has 154 valence electrons. The smallest absolute Gasteiger partial charge is 0.237 e. The zero-order valence-electron chi connectivity index (χ0n) is 15.7. The predicted molar refractivity (Wildman–Crippen MR) is 102 cm³/mol. The maximum absolute atomic E-state index is 12.8. The molecule has 3 aromatic rings. The molecule has 1 N–H and O–H groups in total. The fraction of sp³-hybridized carbons (Fsp3) is 0.263. The summed E-state index contributed by atoms with van der Waals surface area (Å²) in [6.45, 7) is 3.75. The standard InChI is InChI=1S/C19H19F3N4O2S/c1-13-8-14(2)26(25-13)18-7-6-16(10-23-18)11-24-29(27,28)12-15-4-3-5-17(9-15)19(20,21)22/h3-10,24H,11-12H2,1-2H3. The van der Waals surface area contributed by atoms with Gasteiger partial charge in [-0.3, -0.25) is 0 Å². The summed E-state index contributed by atoms with van der Waals surface area (Å²) in [5, 5.41) is 4.33. The number of nitrogens with one attached hydrogen (secondary N) is 1. The third-order valence-corrected chi connectivity index (χ3v) is 5.44.